The van der Waals surface area contributed by atoms with E-state index in [0.717, 1.165) is 9.87 Å². The van der Waals surface area contributed by atoms with Crippen LogP contribution in [0.3, 0.4) is 0 Å². The predicted octanol–water partition coefficient (Wildman–Crippen LogP) is 6.44. The van der Waals surface area contributed by atoms with Gasteiger partial charge in [0, 0.05) is 26.2 Å². The first kappa shape index (κ1) is 30.9. The second-order valence-electron chi connectivity index (χ2n) is 10.4. The van der Waals surface area contributed by atoms with Crippen LogP contribution in [0.15, 0.2) is 102 Å². The lowest BCUT2D eigenvalue weighted by Crippen LogP contribution is -2.52. The highest BCUT2D eigenvalue weighted by Crippen LogP contribution is 2.34. The van der Waals surface area contributed by atoms with Gasteiger partial charge in [-0.25, -0.2) is 8.42 Å². The number of benzene rings is 4. The Morgan fingerprint density at radius 2 is 1.44 bits per heavy atom. The van der Waals surface area contributed by atoms with Crippen LogP contribution in [0.25, 0.3) is 0 Å². The number of rotatable bonds is 9. The number of aryl methyl sites for hydroxylation is 1. The number of hydrogen-bond acceptors (Lipinski definition) is 5. The molecule has 0 atom stereocenters. The lowest BCUT2D eigenvalue weighted by molar-refractivity contribution is -0.131. The van der Waals surface area contributed by atoms with Crippen LogP contribution in [-0.4, -0.2) is 64.0 Å². The number of anilines is 1. The Labute approximate surface area is 263 Å². The molecule has 5 rings (SSSR count). The zero-order valence-corrected chi connectivity index (χ0v) is 26.3. The molecule has 1 fully saturated rings. The van der Waals surface area contributed by atoms with E-state index in [0.29, 0.717) is 26.2 Å². The van der Waals surface area contributed by atoms with E-state index in [1.54, 1.807) is 30.0 Å². The quantitative estimate of drug-likeness (QED) is 0.211. The Hall–Kier alpha value is -3.56. The van der Waals surface area contributed by atoms with Gasteiger partial charge in [-0.3, -0.25) is 14.0 Å². The number of carbonyl (C=O) groups excluding carboxylic acids is 1. The molecule has 4 aromatic carbocycles. The minimum absolute atomic E-state index is 0.0349. The number of methoxy groups -OCH3 is 1. The maximum atomic E-state index is 14.1. The third-order valence-corrected chi connectivity index (χ3v) is 10.2. The second kappa shape index (κ2) is 13.4. The van der Waals surface area contributed by atoms with Crippen molar-refractivity contribution >= 4 is 44.8 Å². The largest absolute Gasteiger partial charge is 0.495 e. The van der Waals surface area contributed by atoms with E-state index in [9.17, 15) is 13.2 Å². The van der Waals surface area contributed by atoms with Crippen molar-refractivity contribution < 1.29 is 17.9 Å². The van der Waals surface area contributed by atoms with E-state index in [1.807, 2.05) is 36.4 Å². The highest BCUT2D eigenvalue weighted by atomic mass is 35.5. The van der Waals surface area contributed by atoms with Crippen molar-refractivity contribution in [1.82, 2.24) is 9.80 Å². The van der Waals surface area contributed by atoms with Crippen molar-refractivity contribution in [1.29, 1.82) is 0 Å². The Bertz CT molecular complexity index is 1640. The van der Waals surface area contributed by atoms with E-state index in [-0.39, 0.29) is 38.3 Å². The summed E-state index contributed by atoms with van der Waals surface area (Å²) in [5.41, 5.74) is 3.33. The SMILES string of the molecule is COc1ccc(C)cc1S(=O)(=O)N(CC(=O)N1CCN(C(c2ccccc2)c2ccccc2)CC1)c1ccc(Cl)c(Cl)c1. The van der Waals surface area contributed by atoms with Gasteiger partial charge in [0.25, 0.3) is 10.0 Å². The average molecular weight is 639 g/mol. The molecule has 0 spiro atoms. The predicted molar refractivity (Wildman–Crippen MR) is 172 cm³/mol. The molecule has 0 N–H and O–H groups in total. The maximum Gasteiger partial charge on any atom is 0.268 e. The van der Waals surface area contributed by atoms with Crippen LogP contribution in [0, 0.1) is 6.92 Å². The fraction of sp³-hybridized carbons (Fsp3) is 0.242. The van der Waals surface area contributed by atoms with E-state index in [4.69, 9.17) is 27.9 Å². The van der Waals surface area contributed by atoms with E-state index in [1.165, 1.54) is 36.4 Å². The van der Waals surface area contributed by atoms with Crippen LogP contribution in [0.5, 0.6) is 5.75 Å². The van der Waals surface area contributed by atoms with Gasteiger partial charge in [-0.15, -0.1) is 0 Å². The van der Waals surface area contributed by atoms with Gasteiger partial charge in [0.05, 0.1) is 28.9 Å². The lowest BCUT2D eigenvalue weighted by atomic mass is 9.96. The zero-order chi connectivity index (χ0) is 30.6. The minimum Gasteiger partial charge on any atom is -0.495 e. The molecule has 0 aromatic heterocycles. The number of sulfonamides is 1. The van der Waals surface area contributed by atoms with Crippen LogP contribution in [-0.2, 0) is 14.8 Å². The molecule has 0 bridgehead atoms. The fourth-order valence-corrected chi connectivity index (χ4v) is 7.34. The number of carbonyl (C=O) groups is 1. The molecule has 1 amide bonds. The van der Waals surface area contributed by atoms with Gasteiger partial charge in [0.1, 0.15) is 17.2 Å². The summed E-state index contributed by atoms with van der Waals surface area (Å²) in [5.74, 6) is -0.124. The molecule has 224 valence electrons. The fourth-order valence-electron chi connectivity index (χ4n) is 5.40. The van der Waals surface area contributed by atoms with Crippen molar-refractivity contribution in [3.8, 4) is 5.75 Å². The Balaban J connectivity index is 1.40. The van der Waals surface area contributed by atoms with Crippen LogP contribution in [0.1, 0.15) is 22.7 Å². The van der Waals surface area contributed by atoms with Crippen molar-refractivity contribution in [2.75, 3.05) is 44.1 Å². The molecule has 1 saturated heterocycles. The molecule has 4 aromatic rings. The Morgan fingerprint density at radius 3 is 2.00 bits per heavy atom. The number of halogens is 2. The monoisotopic (exact) mass is 637 g/mol. The lowest BCUT2D eigenvalue weighted by Gasteiger charge is -2.40. The summed E-state index contributed by atoms with van der Waals surface area (Å²) in [6, 6.07) is 30.1. The van der Waals surface area contributed by atoms with Crippen LogP contribution < -0.4 is 9.04 Å². The van der Waals surface area contributed by atoms with Crippen molar-refractivity contribution in [3.63, 3.8) is 0 Å². The molecule has 0 aliphatic carbocycles. The van der Waals surface area contributed by atoms with Gasteiger partial charge in [-0.2, -0.15) is 0 Å². The topological polar surface area (TPSA) is 70.2 Å². The molecule has 1 aliphatic heterocycles. The first-order valence-electron chi connectivity index (χ1n) is 13.9. The number of piperazine rings is 1. The molecule has 7 nitrogen and oxygen atoms in total. The maximum absolute atomic E-state index is 14.1. The molecule has 1 heterocycles. The molecule has 43 heavy (non-hydrogen) atoms. The minimum atomic E-state index is -4.23. The molecule has 10 heteroatoms. The number of amides is 1. The van der Waals surface area contributed by atoms with Crippen LogP contribution >= 0.6 is 23.2 Å². The summed E-state index contributed by atoms with van der Waals surface area (Å²) in [5, 5.41) is 0.467. The van der Waals surface area contributed by atoms with Gasteiger partial charge in [-0.05, 0) is 53.9 Å². The summed E-state index contributed by atoms with van der Waals surface area (Å²) in [7, 11) is -2.82. The first-order valence-corrected chi connectivity index (χ1v) is 16.1. The van der Waals surface area contributed by atoms with E-state index in [2.05, 4.69) is 29.2 Å². The highest BCUT2D eigenvalue weighted by molar-refractivity contribution is 7.93. The smallest absolute Gasteiger partial charge is 0.268 e. The van der Waals surface area contributed by atoms with E-state index >= 15 is 0 Å². The Morgan fingerprint density at radius 1 is 0.837 bits per heavy atom. The summed E-state index contributed by atoms with van der Waals surface area (Å²) in [4.78, 5) is 17.8. The number of hydrogen-bond donors (Lipinski definition) is 0. The normalized spacial score (nSPS) is 14.1. The van der Waals surface area contributed by atoms with E-state index < -0.39 is 16.6 Å². The second-order valence-corrected chi connectivity index (χ2v) is 13.1. The third-order valence-electron chi connectivity index (χ3n) is 7.62. The standard InChI is InChI=1S/C33H33Cl2N3O4S/c1-24-13-16-30(42-2)31(21-24)43(40,41)38(27-14-15-28(34)29(35)22-27)23-32(39)36-17-19-37(20-18-36)33(25-9-5-3-6-10-25)26-11-7-4-8-12-26/h3-16,21-22,33H,17-20,23H2,1-2H3. The van der Waals surface area contributed by atoms with Gasteiger partial charge in [0.15, 0.2) is 0 Å². The molecule has 0 unspecified atom stereocenters. The van der Waals surface area contributed by atoms with Crippen molar-refractivity contribution in [3.05, 3.63) is 124 Å². The molecule has 0 saturated carbocycles. The zero-order valence-electron chi connectivity index (χ0n) is 24.0. The number of nitrogens with zero attached hydrogens (tertiary/aromatic N) is 3. The Kier molecular flexibility index (Phi) is 9.62. The van der Waals surface area contributed by atoms with Crippen molar-refractivity contribution in [2.45, 2.75) is 17.9 Å². The molecule has 0 radical (unpaired) electrons. The van der Waals surface area contributed by atoms with Crippen LogP contribution in [0.4, 0.5) is 5.69 Å². The van der Waals surface area contributed by atoms with Crippen molar-refractivity contribution in [2.24, 2.45) is 0 Å². The molecule has 1 aliphatic rings. The average Bonchev–Trinajstić information content (AvgIpc) is 3.02. The van der Waals surface area contributed by atoms with Gasteiger partial charge >= 0.3 is 0 Å². The first-order chi connectivity index (χ1) is 20.7. The summed E-state index contributed by atoms with van der Waals surface area (Å²) < 4.78 is 34.7. The van der Waals surface area contributed by atoms with Gasteiger partial charge in [-0.1, -0.05) is 89.9 Å². The third kappa shape index (κ3) is 6.83. The highest BCUT2D eigenvalue weighted by Gasteiger charge is 2.34. The van der Waals surface area contributed by atoms with Gasteiger partial charge in [0.2, 0.25) is 5.91 Å². The van der Waals surface area contributed by atoms with Crippen LogP contribution in [0.2, 0.25) is 10.0 Å². The molecular weight excluding hydrogens is 605 g/mol. The summed E-state index contributed by atoms with van der Waals surface area (Å²) in [6.45, 7) is 3.57. The summed E-state index contributed by atoms with van der Waals surface area (Å²) >= 11 is 12.4. The van der Waals surface area contributed by atoms with Gasteiger partial charge < -0.3 is 9.64 Å². The molecular formula is C33H33Cl2N3O4S. The summed E-state index contributed by atoms with van der Waals surface area (Å²) in [6.07, 6.45) is 0. The number of ether oxygens (including phenoxy) is 1.